The number of hydrogen-bond acceptors (Lipinski definition) is 4. The lowest BCUT2D eigenvalue weighted by atomic mass is 10.1. The first-order valence-electron chi connectivity index (χ1n) is 7.99. The van der Waals surface area contributed by atoms with Crippen molar-refractivity contribution in [3.8, 4) is 11.5 Å². The minimum absolute atomic E-state index is 0.0571. The van der Waals surface area contributed by atoms with E-state index in [1.807, 2.05) is 30.7 Å². The Balaban J connectivity index is 1.89. The number of benzene rings is 1. The van der Waals surface area contributed by atoms with Crippen LogP contribution in [0.3, 0.4) is 0 Å². The molecule has 2 amide bonds. The molecule has 0 saturated heterocycles. The quantitative estimate of drug-likeness (QED) is 0.714. The second kappa shape index (κ2) is 8.43. The fraction of sp³-hybridized carbons (Fsp3) is 0.389. The van der Waals surface area contributed by atoms with Gasteiger partial charge in [-0.3, -0.25) is 0 Å². The van der Waals surface area contributed by atoms with E-state index in [4.69, 9.17) is 9.47 Å². The first-order valence-corrected chi connectivity index (χ1v) is 7.99. The maximum Gasteiger partial charge on any atom is 0.315 e. The zero-order valence-electron chi connectivity index (χ0n) is 15.0. The number of carbonyl (C=O) groups excluding carboxylic acids is 1. The fourth-order valence-electron chi connectivity index (χ4n) is 2.48. The lowest BCUT2D eigenvalue weighted by molar-refractivity contribution is 0.169. The molecule has 136 valence electrons. The average molecular weight is 347 g/mol. The number of urea groups is 1. The molecule has 0 radical (unpaired) electrons. The number of aromatic nitrogens is 1. The van der Waals surface area contributed by atoms with Crippen molar-refractivity contribution in [1.82, 2.24) is 15.2 Å². The van der Waals surface area contributed by atoms with Crippen LogP contribution in [0.1, 0.15) is 23.1 Å². The third-order valence-electron chi connectivity index (χ3n) is 4.16. The first kappa shape index (κ1) is 18.7. The van der Waals surface area contributed by atoms with Crippen LogP contribution in [-0.4, -0.2) is 36.5 Å². The summed E-state index contributed by atoms with van der Waals surface area (Å²) in [7, 11) is 5.03. The molecule has 7 heteroatoms. The summed E-state index contributed by atoms with van der Waals surface area (Å²) in [5.74, 6) is 1.15. The zero-order valence-corrected chi connectivity index (χ0v) is 15.0. The van der Waals surface area contributed by atoms with Gasteiger partial charge < -0.3 is 29.8 Å². The first-order chi connectivity index (χ1) is 12.0. The topological polar surface area (TPSA) is 84.8 Å². The SMILES string of the molecule is COc1ccc(OC)c([C@@H](O)CNC(=O)NCc2ccc(C)n2C)c1. The fourth-order valence-corrected chi connectivity index (χ4v) is 2.48. The number of aliphatic hydroxyl groups excluding tert-OH is 1. The Hall–Kier alpha value is -2.67. The van der Waals surface area contributed by atoms with Crippen molar-refractivity contribution in [2.75, 3.05) is 20.8 Å². The smallest absolute Gasteiger partial charge is 0.315 e. The largest absolute Gasteiger partial charge is 0.497 e. The molecule has 0 aliphatic carbocycles. The monoisotopic (exact) mass is 347 g/mol. The van der Waals surface area contributed by atoms with Crippen molar-refractivity contribution in [3.05, 3.63) is 47.3 Å². The summed E-state index contributed by atoms with van der Waals surface area (Å²) in [6, 6.07) is 8.77. The van der Waals surface area contributed by atoms with E-state index in [0.29, 0.717) is 23.6 Å². The number of carbonyl (C=O) groups is 1. The summed E-state index contributed by atoms with van der Waals surface area (Å²) >= 11 is 0. The molecule has 3 N–H and O–H groups in total. The number of amides is 2. The molecular formula is C18H25N3O4. The maximum absolute atomic E-state index is 11.9. The van der Waals surface area contributed by atoms with Crippen LogP contribution in [0, 0.1) is 6.92 Å². The summed E-state index contributed by atoms with van der Waals surface area (Å²) in [6.07, 6.45) is -0.909. The standard InChI is InChI=1S/C18H25N3O4/c1-12-5-6-13(21(12)2)10-19-18(23)20-11-16(22)15-9-14(24-3)7-8-17(15)25-4/h5-9,16,22H,10-11H2,1-4H3,(H2,19,20,23)/t16-/m0/s1. The van der Waals surface area contributed by atoms with E-state index in [1.54, 1.807) is 25.3 Å². The molecule has 0 fully saturated rings. The Morgan fingerprint density at radius 1 is 1.20 bits per heavy atom. The molecule has 1 atom stereocenters. The molecule has 2 aromatic rings. The lowest BCUT2D eigenvalue weighted by Crippen LogP contribution is -2.37. The summed E-state index contributed by atoms with van der Waals surface area (Å²) in [5.41, 5.74) is 2.68. The van der Waals surface area contributed by atoms with E-state index < -0.39 is 6.10 Å². The number of nitrogens with one attached hydrogen (secondary N) is 2. The normalized spacial score (nSPS) is 11.7. The summed E-state index contributed by atoms with van der Waals surface area (Å²) in [5, 5.41) is 15.8. The molecule has 1 heterocycles. The van der Waals surface area contributed by atoms with E-state index in [9.17, 15) is 9.90 Å². The Labute approximate surface area is 147 Å². The van der Waals surface area contributed by atoms with Gasteiger partial charge in [0.1, 0.15) is 17.6 Å². The van der Waals surface area contributed by atoms with Crippen molar-refractivity contribution in [2.24, 2.45) is 7.05 Å². The number of aryl methyl sites for hydroxylation is 1. The summed E-state index contributed by atoms with van der Waals surface area (Å²) in [4.78, 5) is 11.9. The van der Waals surface area contributed by atoms with Gasteiger partial charge in [0, 0.05) is 30.5 Å². The van der Waals surface area contributed by atoms with Gasteiger partial charge in [-0.05, 0) is 37.3 Å². The third kappa shape index (κ3) is 4.67. The van der Waals surface area contributed by atoms with Crippen molar-refractivity contribution in [2.45, 2.75) is 19.6 Å². The van der Waals surface area contributed by atoms with Gasteiger partial charge in [0.05, 0.1) is 20.8 Å². The van der Waals surface area contributed by atoms with Gasteiger partial charge in [-0.25, -0.2) is 4.79 Å². The van der Waals surface area contributed by atoms with Crippen LogP contribution in [0.2, 0.25) is 0 Å². The van der Waals surface area contributed by atoms with Crippen molar-refractivity contribution in [3.63, 3.8) is 0 Å². The van der Waals surface area contributed by atoms with Gasteiger partial charge in [-0.1, -0.05) is 0 Å². The number of aliphatic hydroxyl groups is 1. The maximum atomic E-state index is 11.9. The molecule has 1 aromatic heterocycles. The lowest BCUT2D eigenvalue weighted by Gasteiger charge is -2.17. The molecule has 25 heavy (non-hydrogen) atoms. The highest BCUT2D eigenvalue weighted by Gasteiger charge is 2.15. The van der Waals surface area contributed by atoms with E-state index in [0.717, 1.165) is 11.4 Å². The molecule has 0 aliphatic heterocycles. The van der Waals surface area contributed by atoms with Crippen LogP contribution >= 0.6 is 0 Å². The van der Waals surface area contributed by atoms with Gasteiger partial charge >= 0.3 is 6.03 Å². The van der Waals surface area contributed by atoms with Gasteiger partial charge in [0.15, 0.2) is 0 Å². The van der Waals surface area contributed by atoms with E-state index in [-0.39, 0.29) is 12.6 Å². The molecule has 0 unspecified atom stereocenters. The third-order valence-corrected chi connectivity index (χ3v) is 4.16. The highest BCUT2D eigenvalue weighted by molar-refractivity contribution is 5.73. The molecule has 0 aliphatic rings. The number of rotatable bonds is 7. The molecular weight excluding hydrogens is 322 g/mol. The second-order valence-electron chi connectivity index (χ2n) is 5.71. The van der Waals surface area contributed by atoms with E-state index in [1.165, 1.54) is 7.11 Å². The van der Waals surface area contributed by atoms with Crippen LogP contribution in [0.15, 0.2) is 30.3 Å². The predicted octanol–water partition coefficient (Wildman–Crippen LogP) is 1.88. The average Bonchev–Trinajstić information content (AvgIpc) is 2.95. The number of hydrogen-bond donors (Lipinski definition) is 3. The van der Waals surface area contributed by atoms with E-state index >= 15 is 0 Å². The minimum Gasteiger partial charge on any atom is -0.497 e. The van der Waals surface area contributed by atoms with Gasteiger partial charge in [-0.15, -0.1) is 0 Å². The van der Waals surface area contributed by atoms with Crippen LogP contribution < -0.4 is 20.1 Å². The number of nitrogens with zero attached hydrogens (tertiary/aromatic N) is 1. The van der Waals surface area contributed by atoms with E-state index in [2.05, 4.69) is 10.6 Å². The Kier molecular flexibility index (Phi) is 6.30. The molecule has 0 bridgehead atoms. The van der Waals surface area contributed by atoms with Crippen molar-refractivity contribution >= 4 is 6.03 Å². The Morgan fingerprint density at radius 3 is 2.56 bits per heavy atom. The van der Waals surface area contributed by atoms with Gasteiger partial charge in [0.2, 0.25) is 0 Å². The molecule has 2 rings (SSSR count). The Bertz CT molecular complexity index is 727. The molecule has 0 spiro atoms. The van der Waals surface area contributed by atoms with Crippen LogP contribution in [-0.2, 0) is 13.6 Å². The summed E-state index contributed by atoms with van der Waals surface area (Å²) in [6.45, 7) is 2.47. The van der Waals surface area contributed by atoms with Crippen molar-refractivity contribution in [1.29, 1.82) is 0 Å². The van der Waals surface area contributed by atoms with Crippen LogP contribution in [0.5, 0.6) is 11.5 Å². The molecule has 7 nitrogen and oxygen atoms in total. The van der Waals surface area contributed by atoms with Crippen LogP contribution in [0.4, 0.5) is 4.79 Å². The van der Waals surface area contributed by atoms with Gasteiger partial charge in [0.25, 0.3) is 0 Å². The summed E-state index contributed by atoms with van der Waals surface area (Å²) < 4.78 is 12.4. The zero-order chi connectivity index (χ0) is 18.4. The minimum atomic E-state index is -0.909. The van der Waals surface area contributed by atoms with Crippen LogP contribution in [0.25, 0.3) is 0 Å². The second-order valence-corrected chi connectivity index (χ2v) is 5.71. The highest BCUT2D eigenvalue weighted by Crippen LogP contribution is 2.29. The number of methoxy groups -OCH3 is 2. The molecule has 1 aromatic carbocycles. The Morgan fingerprint density at radius 2 is 1.96 bits per heavy atom. The number of ether oxygens (including phenoxy) is 2. The van der Waals surface area contributed by atoms with Crippen molar-refractivity contribution < 1.29 is 19.4 Å². The predicted molar refractivity (Wildman–Crippen MR) is 94.9 cm³/mol. The molecule has 0 saturated carbocycles. The van der Waals surface area contributed by atoms with Gasteiger partial charge in [-0.2, -0.15) is 0 Å². The highest BCUT2D eigenvalue weighted by atomic mass is 16.5.